The van der Waals surface area contributed by atoms with Crippen LogP contribution in [-0.4, -0.2) is 16.6 Å². The van der Waals surface area contributed by atoms with E-state index in [1.807, 2.05) is 24.5 Å². The third-order valence-electron chi connectivity index (χ3n) is 2.50. The molecule has 2 atom stereocenters. The third kappa shape index (κ3) is 1.58. The Bertz CT molecular complexity index is 327. The van der Waals surface area contributed by atoms with Gasteiger partial charge in [0, 0.05) is 10.3 Å². The number of fused-ring (bicyclic) bond motifs is 1. The largest absolute Gasteiger partial charge is 0.387 e. The summed E-state index contributed by atoms with van der Waals surface area (Å²) in [5, 5.41) is 10.9. The van der Waals surface area contributed by atoms with Gasteiger partial charge in [0.15, 0.2) is 0 Å². The highest BCUT2D eigenvalue weighted by Gasteiger charge is 2.29. The number of thioether (sulfide) groups is 1. The first-order valence-electron chi connectivity index (χ1n) is 4.21. The van der Waals surface area contributed by atoms with E-state index in [4.69, 9.17) is 11.6 Å². The molecule has 1 aromatic rings. The molecule has 13 heavy (non-hydrogen) atoms. The van der Waals surface area contributed by atoms with Crippen LogP contribution >= 0.6 is 23.4 Å². The molecule has 70 valence electrons. The Balaban J connectivity index is 2.38. The smallest absolute Gasteiger partial charge is 0.0914 e. The van der Waals surface area contributed by atoms with Crippen molar-refractivity contribution in [3.63, 3.8) is 0 Å². The standard InChI is InChI=1S/C10H11ClOS/c1-13-9-5-6-4-7(11)2-3-8(6)10(9)12/h2-4,9-10,12H,5H2,1H3. The maximum absolute atomic E-state index is 9.87. The molecular weight excluding hydrogens is 204 g/mol. The maximum atomic E-state index is 9.87. The van der Waals surface area contributed by atoms with Gasteiger partial charge < -0.3 is 5.11 Å². The van der Waals surface area contributed by atoms with E-state index in [0.29, 0.717) is 5.25 Å². The summed E-state index contributed by atoms with van der Waals surface area (Å²) in [6.45, 7) is 0. The van der Waals surface area contributed by atoms with E-state index in [0.717, 1.165) is 17.0 Å². The molecule has 0 fully saturated rings. The fourth-order valence-corrected chi connectivity index (χ4v) is 2.73. The van der Waals surface area contributed by atoms with Gasteiger partial charge in [-0.15, -0.1) is 0 Å². The Morgan fingerprint density at radius 2 is 2.31 bits per heavy atom. The van der Waals surface area contributed by atoms with Crippen LogP contribution in [0.2, 0.25) is 5.02 Å². The van der Waals surface area contributed by atoms with Crippen LogP contribution in [0.3, 0.4) is 0 Å². The first-order chi connectivity index (χ1) is 6.22. The molecule has 2 unspecified atom stereocenters. The van der Waals surface area contributed by atoms with Crippen LogP contribution in [0.25, 0.3) is 0 Å². The highest BCUT2D eigenvalue weighted by molar-refractivity contribution is 7.99. The van der Waals surface area contributed by atoms with Gasteiger partial charge in [-0.3, -0.25) is 0 Å². The van der Waals surface area contributed by atoms with Gasteiger partial charge in [-0.1, -0.05) is 17.7 Å². The van der Waals surface area contributed by atoms with Gasteiger partial charge in [-0.25, -0.2) is 0 Å². The molecule has 1 N–H and O–H groups in total. The Morgan fingerprint density at radius 3 is 3.00 bits per heavy atom. The van der Waals surface area contributed by atoms with Crippen LogP contribution in [0.4, 0.5) is 0 Å². The molecule has 2 rings (SSSR count). The molecule has 1 nitrogen and oxygen atoms in total. The number of aliphatic hydroxyl groups is 1. The SMILES string of the molecule is CSC1Cc2cc(Cl)ccc2C1O. The molecule has 0 radical (unpaired) electrons. The minimum atomic E-state index is -0.317. The first-order valence-corrected chi connectivity index (χ1v) is 5.88. The molecule has 0 aromatic heterocycles. The Kier molecular flexibility index (Phi) is 2.54. The molecule has 1 aliphatic carbocycles. The average molecular weight is 215 g/mol. The quantitative estimate of drug-likeness (QED) is 0.776. The van der Waals surface area contributed by atoms with Gasteiger partial charge in [0.1, 0.15) is 0 Å². The Morgan fingerprint density at radius 1 is 1.54 bits per heavy atom. The van der Waals surface area contributed by atoms with E-state index in [-0.39, 0.29) is 6.10 Å². The molecule has 0 aliphatic heterocycles. The van der Waals surface area contributed by atoms with Crippen molar-refractivity contribution in [2.45, 2.75) is 17.8 Å². The topological polar surface area (TPSA) is 20.2 Å². The van der Waals surface area contributed by atoms with Crippen molar-refractivity contribution in [2.24, 2.45) is 0 Å². The van der Waals surface area contributed by atoms with Gasteiger partial charge >= 0.3 is 0 Å². The molecule has 0 saturated carbocycles. The number of rotatable bonds is 1. The van der Waals surface area contributed by atoms with Gasteiger partial charge in [-0.2, -0.15) is 11.8 Å². The lowest BCUT2D eigenvalue weighted by atomic mass is 10.1. The van der Waals surface area contributed by atoms with Crippen molar-refractivity contribution >= 4 is 23.4 Å². The second kappa shape index (κ2) is 3.52. The van der Waals surface area contributed by atoms with Crippen LogP contribution in [0, 0.1) is 0 Å². The zero-order chi connectivity index (χ0) is 9.42. The summed E-state index contributed by atoms with van der Waals surface area (Å²) in [5.74, 6) is 0. The summed E-state index contributed by atoms with van der Waals surface area (Å²) in [6, 6.07) is 5.72. The lowest BCUT2D eigenvalue weighted by Gasteiger charge is -2.10. The molecule has 1 aromatic carbocycles. The Hall–Kier alpha value is -0.180. The molecule has 0 bridgehead atoms. The third-order valence-corrected chi connectivity index (χ3v) is 3.76. The predicted molar refractivity (Wildman–Crippen MR) is 57.4 cm³/mol. The molecule has 0 saturated heterocycles. The number of hydrogen-bond donors (Lipinski definition) is 1. The van der Waals surface area contributed by atoms with Gasteiger partial charge in [0.2, 0.25) is 0 Å². The molecule has 0 heterocycles. The van der Waals surface area contributed by atoms with Crippen LogP contribution in [0.1, 0.15) is 17.2 Å². The zero-order valence-corrected chi connectivity index (χ0v) is 8.90. The van der Waals surface area contributed by atoms with Crippen molar-refractivity contribution in [1.29, 1.82) is 0 Å². The van der Waals surface area contributed by atoms with Crippen molar-refractivity contribution in [3.05, 3.63) is 34.3 Å². The summed E-state index contributed by atoms with van der Waals surface area (Å²) in [4.78, 5) is 0. The van der Waals surface area contributed by atoms with E-state index in [1.165, 1.54) is 5.56 Å². The summed E-state index contributed by atoms with van der Waals surface area (Å²) in [5.41, 5.74) is 2.24. The van der Waals surface area contributed by atoms with E-state index in [9.17, 15) is 5.11 Å². The fourth-order valence-electron chi connectivity index (χ4n) is 1.78. The highest BCUT2D eigenvalue weighted by Crippen LogP contribution is 2.38. The minimum absolute atomic E-state index is 0.300. The van der Waals surface area contributed by atoms with Crippen molar-refractivity contribution in [2.75, 3.05) is 6.26 Å². The van der Waals surface area contributed by atoms with E-state index in [2.05, 4.69) is 0 Å². The predicted octanol–water partition coefficient (Wildman–Crippen LogP) is 2.66. The van der Waals surface area contributed by atoms with E-state index >= 15 is 0 Å². The molecule has 1 aliphatic rings. The van der Waals surface area contributed by atoms with Crippen LogP contribution in [0.15, 0.2) is 18.2 Å². The zero-order valence-electron chi connectivity index (χ0n) is 7.33. The van der Waals surface area contributed by atoms with Gasteiger partial charge in [0.25, 0.3) is 0 Å². The monoisotopic (exact) mass is 214 g/mol. The lowest BCUT2D eigenvalue weighted by molar-refractivity contribution is 0.186. The number of benzene rings is 1. The number of hydrogen-bond acceptors (Lipinski definition) is 2. The number of aliphatic hydroxyl groups excluding tert-OH is 1. The molecule has 0 spiro atoms. The number of halogens is 1. The molecule has 3 heteroatoms. The van der Waals surface area contributed by atoms with Crippen molar-refractivity contribution in [3.8, 4) is 0 Å². The van der Waals surface area contributed by atoms with E-state index < -0.39 is 0 Å². The van der Waals surface area contributed by atoms with Crippen LogP contribution in [0.5, 0.6) is 0 Å². The summed E-state index contributed by atoms with van der Waals surface area (Å²) in [6.07, 6.45) is 2.64. The summed E-state index contributed by atoms with van der Waals surface area (Å²) < 4.78 is 0. The van der Waals surface area contributed by atoms with Crippen LogP contribution < -0.4 is 0 Å². The average Bonchev–Trinajstić information content (AvgIpc) is 2.42. The first kappa shape index (κ1) is 9.38. The van der Waals surface area contributed by atoms with Crippen molar-refractivity contribution in [1.82, 2.24) is 0 Å². The lowest BCUT2D eigenvalue weighted by Crippen LogP contribution is -2.07. The minimum Gasteiger partial charge on any atom is -0.387 e. The van der Waals surface area contributed by atoms with E-state index in [1.54, 1.807) is 11.8 Å². The molecule has 0 amide bonds. The molecular formula is C10H11ClOS. The normalized spacial score (nSPS) is 26.1. The maximum Gasteiger partial charge on any atom is 0.0914 e. The highest BCUT2D eigenvalue weighted by atomic mass is 35.5. The van der Waals surface area contributed by atoms with Crippen LogP contribution in [-0.2, 0) is 6.42 Å². The fraction of sp³-hybridized carbons (Fsp3) is 0.400. The van der Waals surface area contributed by atoms with Crippen molar-refractivity contribution < 1.29 is 5.11 Å². The second-order valence-electron chi connectivity index (χ2n) is 3.27. The summed E-state index contributed by atoms with van der Waals surface area (Å²) in [7, 11) is 0. The summed E-state index contributed by atoms with van der Waals surface area (Å²) >= 11 is 7.58. The van der Waals surface area contributed by atoms with Gasteiger partial charge in [-0.05, 0) is 35.9 Å². The van der Waals surface area contributed by atoms with Gasteiger partial charge in [0.05, 0.1) is 6.10 Å². The Labute approximate surface area is 87.1 Å². The second-order valence-corrected chi connectivity index (χ2v) is 4.78.